The number of hydrogen-bond acceptors (Lipinski definition) is 8. The molecule has 1 aliphatic carbocycles. The molecule has 1 saturated heterocycles. The Hall–Kier alpha value is -4.67. The number of piperidine rings is 1. The number of ether oxygens (including phenoxy) is 2. The second kappa shape index (κ2) is 9.46. The fourth-order valence-corrected chi connectivity index (χ4v) is 6.21. The first kappa shape index (κ1) is 25.3. The van der Waals surface area contributed by atoms with Gasteiger partial charge < -0.3 is 19.7 Å². The van der Waals surface area contributed by atoms with Gasteiger partial charge in [-0.1, -0.05) is 0 Å². The molecule has 11 heteroatoms. The summed E-state index contributed by atoms with van der Waals surface area (Å²) in [7, 11) is 0. The molecule has 210 valence electrons. The van der Waals surface area contributed by atoms with Crippen LogP contribution in [0.25, 0.3) is 11.2 Å². The van der Waals surface area contributed by atoms with Gasteiger partial charge in [-0.15, -0.1) is 0 Å². The molecule has 0 radical (unpaired) electrons. The van der Waals surface area contributed by atoms with Gasteiger partial charge in [0.1, 0.15) is 35.3 Å². The van der Waals surface area contributed by atoms with Crippen molar-refractivity contribution in [3.63, 3.8) is 0 Å². The first-order chi connectivity index (χ1) is 19.7. The smallest absolute Gasteiger partial charge is 0.410 e. The Morgan fingerprint density at radius 2 is 1.80 bits per heavy atom. The SMILES string of the molecule is Cc1cc(Nc2ncnn3ccc([C@H]4C[C@@H]5C[C@H]4CN5C(=O)OC(C)(C)C)c23)ccc1Oc1ccn2ncnc2c1. The molecule has 1 N–H and O–H groups in total. The number of nitrogens with one attached hydrogen (secondary N) is 1. The van der Waals surface area contributed by atoms with Gasteiger partial charge in [0.15, 0.2) is 11.5 Å². The van der Waals surface area contributed by atoms with E-state index in [4.69, 9.17) is 9.47 Å². The molecule has 1 aromatic carbocycles. The number of rotatable bonds is 5. The monoisotopic (exact) mass is 552 g/mol. The highest BCUT2D eigenvalue weighted by molar-refractivity contribution is 5.78. The number of aromatic nitrogens is 6. The van der Waals surface area contributed by atoms with Gasteiger partial charge in [0.25, 0.3) is 0 Å². The summed E-state index contributed by atoms with van der Waals surface area (Å²) < 4.78 is 15.4. The summed E-state index contributed by atoms with van der Waals surface area (Å²) in [5, 5.41) is 12.1. The molecular formula is C30H32N8O3. The summed E-state index contributed by atoms with van der Waals surface area (Å²) in [5.41, 5.74) is 4.29. The van der Waals surface area contributed by atoms with Crippen LogP contribution in [0.3, 0.4) is 0 Å². The summed E-state index contributed by atoms with van der Waals surface area (Å²) in [6, 6.07) is 12.0. The summed E-state index contributed by atoms with van der Waals surface area (Å²) in [6.07, 6.45) is 8.58. The molecule has 1 saturated carbocycles. The Morgan fingerprint density at radius 1 is 1.00 bits per heavy atom. The Morgan fingerprint density at radius 3 is 2.59 bits per heavy atom. The van der Waals surface area contributed by atoms with Crippen LogP contribution in [0.15, 0.2) is 61.4 Å². The quantitative estimate of drug-likeness (QED) is 0.294. The molecule has 7 rings (SSSR count). The van der Waals surface area contributed by atoms with Gasteiger partial charge in [-0.25, -0.2) is 23.8 Å². The molecule has 3 atom stereocenters. The van der Waals surface area contributed by atoms with Gasteiger partial charge >= 0.3 is 6.09 Å². The molecule has 2 aliphatic rings. The topological polar surface area (TPSA) is 111 Å². The first-order valence-electron chi connectivity index (χ1n) is 13.9. The Balaban J connectivity index is 1.10. The normalized spacial score (nSPS) is 20.2. The maximum atomic E-state index is 12.8. The molecule has 2 bridgehead atoms. The third kappa shape index (κ3) is 4.71. The van der Waals surface area contributed by atoms with Crippen molar-refractivity contribution in [1.29, 1.82) is 0 Å². The molecule has 11 nitrogen and oxygen atoms in total. The number of likely N-dealkylation sites (tertiary alicyclic amines) is 1. The summed E-state index contributed by atoms with van der Waals surface area (Å²) in [4.78, 5) is 23.5. The number of benzene rings is 1. The average Bonchev–Trinajstić information content (AvgIpc) is 3.72. The van der Waals surface area contributed by atoms with Crippen LogP contribution >= 0.6 is 0 Å². The van der Waals surface area contributed by atoms with Crippen molar-refractivity contribution in [2.75, 3.05) is 11.9 Å². The lowest BCUT2D eigenvalue weighted by Crippen LogP contribution is -2.42. The van der Waals surface area contributed by atoms with Gasteiger partial charge in [0.2, 0.25) is 0 Å². The minimum absolute atomic E-state index is 0.191. The van der Waals surface area contributed by atoms with E-state index in [9.17, 15) is 4.79 Å². The van der Waals surface area contributed by atoms with E-state index in [0.29, 0.717) is 24.1 Å². The molecular weight excluding hydrogens is 520 g/mol. The highest BCUT2D eigenvalue weighted by atomic mass is 16.6. The van der Waals surface area contributed by atoms with Crippen LogP contribution in [0.4, 0.5) is 16.3 Å². The van der Waals surface area contributed by atoms with Gasteiger partial charge in [-0.3, -0.25) is 0 Å². The van der Waals surface area contributed by atoms with Crippen molar-refractivity contribution < 1.29 is 14.3 Å². The number of hydrogen-bond donors (Lipinski definition) is 1. The molecule has 5 aromatic rings. The first-order valence-corrected chi connectivity index (χ1v) is 13.9. The van der Waals surface area contributed by atoms with Crippen LogP contribution in [0.2, 0.25) is 0 Å². The van der Waals surface area contributed by atoms with Crippen molar-refractivity contribution in [2.24, 2.45) is 5.92 Å². The van der Waals surface area contributed by atoms with E-state index in [0.717, 1.165) is 46.8 Å². The molecule has 0 spiro atoms. The highest BCUT2D eigenvalue weighted by Crippen LogP contribution is 2.49. The van der Waals surface area contributed by atoms with E-state index in [-0.39, 0.29) is 12.1 Å². The zero-order chi connectivity index (χ0) is 28.3. The van der Waals surface area contributed by atoms with Crippen molar-refractivity contribution in [2.45, 2.75) is 58.1 Å². The van der Waals surface area contributed by atoms with Crippen molar-refractivity contribution in [3.05, 3.63) is 72.6 Å². The molecule has 1 amide bonds. The summed E-state index contributed by atoms with van der Waals surface area (Å²) in [6.45, 7) is 8.45. The van der Waals surface area contributed by atoms with Crippen molar-refractivity contribution in [1.82, 2.24) is 34.1 Å². The van der Waals surface area contributed by atoms with Crippen LogP contribution in [-0.2, 0) is 4.74 Å². The van der Waals surface area contributed by atoms with Gasteiger partial charge in [-0.05, 0) is 93.8 Å². The fraction of sp³-hybridized carbons (Fsp3) is 0.367. The number of carbonyl (C=O) groups excluding carboxylic acids is 1. The Kier molecular flexibility index (Phi) is 5.84. The lowest BCUT2D eigenvalue weighted by atomic mass is 9.88. The second-order valence-corrected chi connectivity index (χ2v) is 11.9. The van der Waals surface area contributed by atoms with E-state index in [1.165, 1.54) is 11.9 Å². The fourth-order valence-electron chi connectivity index (χ4n) is 6.21. The molecule has 4 aromatic heterocycles. The third-order valence-electron chi connectivity index (χ3n) is 7.97. The number of nitrogens with zero attached hydrogens (tertiary/aromatic N) is 7. The zero-order valence-corrected chi connectivity index (χ0v) is 23.5. The molecule has 5 heterocycles. The second-order valence-electron chi connectivity index (χ2n) is 11.9. The molecule has 0 unspecified atom stereocenters. The number of carbonyl (C=O) groups is 1. The van der Waals surface area contributed by atoms with Gasteiger partial charge in [0.05, 0.1) is 0 Å². The predicted octanol–water partition coefficient (Wildman–Crippen LogP) is 5.73. The number of amides is 1. The third-order valence-corrected chi connectivity index (χ3v) is 7.97. The van der Waals surface area contributed by atoms with E-state index < -0.39 is 5.60 Å². The standard InChI is InChI=1S/C30H32N8O3/c1-18-11-20(5-6-25(18)40-22-7-9-37-26(14-22)31-16-33-37)35-28-27-23(8-10-38(27)34-17-32-28)24-13-21-12-19(24)15-36(21)29(39)41-30(2,3)4/h5-11,14,16-17,19,21,24H,12-13,15H2,1-4H3,(H,32,34,35)/t19-,21-,24-/m0/s1. The maximum Gasteiger partial charge on any atom is 0.410 e. The van der Waals surface area contributed by atoms with E-state index >= 15 is 0 Å². The Labute approximate surface area is 237 Å². The molecule has 1 aliphatic heterocycles. The van der Waals surface area contributed by atoms with E-state index in [2.05, 4.69) is 31.5 Å². The van der Waals surface area contributed by atoms with Gasteiger partial charge in [0, 0.05) is 36.7 Å². The summed E-state index contributed by atoms with van der Waals surface area (Å²) >= 11 is 0. The minimum Gasteiger partial charge on any atom is -0.457 e. The maximum absolute atomic E-state index is 12.8. The minimum atomic E-state index is -0.496. The van der Waals surface area contributed by atoms with Crippen LogP contribution < -0.4 is 10.1 Å². The molecule has 41 heavy (non-hydrogen) atoms. The zero-order valence-electron chi connectivity index (χ0n) is 23.5. The predicted molar refractivity (Wildman–Crippen MR) is 153 cm³/mol. The van der Waals surface area contributed by atoms with Crippen LogP contribution in [0.5, 0.6) is 11.5 Å². The highest BCUT2D eigenvalue weighted by Gasteiger charge is 2.48. The summed E-state index contributed by atoms with van der Waals surface area (Å²) in [5.74, 6) is 2.91. The van der Waals surface area contributed by atoms with Crippen molar-refractivity contribution in [3.8, 4) is 11.5 Å². The number of fused-ring (bicyclic) bond motifs is 4. The van der Waals surface area contributed by atoms with Crippen LogP contribution in [-0.4, -0.2) is 58.4 Å². The lowest BCUT2D eigenvalue weighted by Gasteiger charge is -2.33. The van der Waals surface area contributed by atoms with Crippen LogP contribution in [0, 0.1) is 12.8 Å². The van der Waals surface area contributed by atoms with E-state index in [1.807, 2.05) is 79.8 Å². The van der Waals surface area contributed by atoms with Crippen molar-refractivity contribution >= 4 is 28.8 Å². The average molecular weight is 553 g/mol. The lowest BCUT2D eigenvalue weighted by molar-refractivity contribution is 0.0181. The van der Waals surface area contributed by atoms with E-state index in [1.54, 1.807) is 10.8 Å². The largest absolute Gasteiger partial charge is 0.457 e. The number of pyridine rings is 1. The number of anilines is 2. The van der Waals surface area contributed by atoms with Gasteiger partial charge in [-0.2, -0.15) is 10.2 Å². The van der Waals surface area contributed by atoms with Crippen LogP contribution in [0.1, 0.15) is 50.7 Å². The molecule has 2 fully saturated rings. The number of aryl methyl sites for hydroxylation is 1. The Bertz CT molecular complexity index is 1770.